The highest BCUT2D eigenvalue weighted by atomic mass is 32.2. The molecule has 11 heteroatoms. The highest BCUT2D eigenvalue weighted by molar-refractivity contribution is 7.88. The molecule has 1 fully saturated rings. The number of methoxy groups -OCH3 is 2. The number of aromatic nitrogens is 2. The van der Waals surface area contributed by atoms with Gasteiger partial charge in [0.25, 0.3) is 0 Å². The van der Waals surface area contributed by atoms with Gasteiger partial charge in [-0.15, -0.1) is 0 Å². The van der Waals surface area contributed by atoms with E-state index in [4.69, 9.17) is 9.47 Å². The van der Waals surface area contributed by atoms with Gasteiger partial charge in [-0.25, -0.2) is 9.97 Å². The molecule has 2 aliphatic heterocycles. The number of fused-ring (bicyclic) bond motifs is 1. The molecule has 0 bridgehead atoms. The van der Waals surface area contributed by atoms with E-state index in [9.17, 15) is 13.2 Å². The average molecular weight is 460 g/mol. The van der Waals surface area contributed by atoms with Crippen LogP contribution in [0.25, 0.3) is 10.9 Å². The van der Waals surface area contributed by atoms with Gasteiger partial charge in [0, 0.05) is 36.7 Å². The number of Topliss-reactive ketones (excluding diaryl/α,β-unsaturated/α-hetero) is 1. The average Bonchev–Trinajstić information content (AvgIpc) is 2.79. The zero-order chi connectivity index (χ0) is 22.9. The third-order valence-electron chi connectivity index (χ3n) is 5.72. The number of carbonyl (C=O) groups excluding carboxylic acids is 1. The summed E-state index contributed by atoms with van der Waals surface area (Å²) >= 11 is 0. The number of carbonyl (C=O) groups is 1. The molecule has 0 amide bonds. The summed E-state index contributed by atoms with van der Waals surface area (Å²) in [6.45, 7) is 2.65. The van der Waals surface area contributed by atoms with Crippen LogP contribution in [0.1, 0.15) is 19.8 Å². The Kier molecular flexibility index (Phi) is 6.00. The summed E-state index contributed by atoms with van der Waals surface area (Å²) in [7, 11) is -0.679. The third kappa shape index (κ3) is 4.24. The molecular formula is C21H25N5O5S. The predicted molar refractivity (Wildman–Crippen MR) is 120 cm³/mol. The Balaban J connectivity index is 1.46. The lowest BCUT2D eigenvalue weighted by Crippen LogP contribution is -2.41. The fourth-order valence-electron chi connectivity index (χ4n) is 3.98. The van der Waals surface area contributed by atoms with Crippen LogP contribution in [0.3, 0.4) is 0 Å². The van der Waals surface area contributed by atoms with Crippen molar-refractivity contribution in [3.63, 3.8) is 0 Å². The second-order valence-electron chi connectivity index (χ2n) is 7.72. The summed E-state index contributed by atoms with van der Waals surface area (Å²) in [6.07, 6.45) is 5.71. The first-order valence-corrected chi connectivity index (χ1v) is 11.6. The minimum absolute atomic E-state index is 0.105. The summed E-state index contributed by atoms with van der Waals surface area (Å²) in [5, 5.41) is 0.840. The molecule has 0 saturated carbocycles. The molecule has 10 nitrogen and oxygen atoms in total. The first-order valence-electron chi connectivity index (χ1n) is 10.2. The largest absolute Gasteiger partial charge is 0.493 e. The van der Waals surface area contributed by atoms with Crippen molar-refractivity contribution in [3.8, 4) is 11.5 Å². The van der Waals surface area contributed by atoms with E-state index in [1.54, 1.807) is 27.2 Å². The van der Waals surface area contributed by atoms with Crippen LogP contribution in [0.4, 0.5) is 5.82 Å². The molecule has 1 aromatic carbocycles. The van der Waals surface area contributed by atoms with Gasteiger partial charge in [-0.3, -0.25) is 9.10 Å². The molecule has 0 unspecified atom stereocenters. The molecule has 170 valence electrons. The van der Waals surface area contributed by atoms with Gasteiger partial charge in [-0.1, -0.05) is 0 Å². The summed E-state index contributed by atoms with van der Waals surface area (Å²) < 4.78 is 39.7. The van der Waals surface area contributed by atoms with E-state index in [1.165, 1.54) is 12.5 Å². The first-order chi connectivity index (χ1) is 15.3. The second kappa shape index (κ2) is 8.73. The maximum absolute atomic E-state index is 12.8. The van der Waals surface area contributed by atoms with Gasteiger partial charge in [0.2, 0.25) is 0 Å². The molecule has 0 spiro atoms. The predicted octanol–water partition coefficient (Wildman–Crippen LogP) is 1.97. The lowest BCUT2D eigenvalue weighted by molar-refractivity contribution is -0.123. The molecule has 2 aliphatic rings. The Labute approximate surface area is 186 Å². The minimum atomic E-state index is -3.83. The fraction of sp³-hybridized carbons (Fsp3) is 0.429. The number of ether oxygens (including phenoxy) is 2. The molecule has 2 aromatic rings. The number of allylic oxidation sites excluding steroid dienone is 1. The maximum Gasteiger partial charge on any atom is 0.344 e. The topological polar surface area (TPSA) is 114 Å². The summed E-state index contributed by atoms with van der Waals surface area (Å²) in [4.78, 5) is 23.7. The minimum Gasteiger partial charge on any atom is -0.493 e. The van der Waals surface area contributed by atoms with Gasteiger partial charge >= 0.3 is 10.2 Å². The van der Waals surface area contributed by atoms with Crippen LogP contribution >= 0.6 is 0 Å². The van der Waals surface area contributed by atoms with Crippen LogP contribution in [-0.2, 0) is 15.0 Å². The van der Waals surface area contributed by atoms with E-state index in [0.29, 0.717) is 43.1 Å². The fourth-order valence-corrected chi connectivity index (χ4v) is 5.02. The van der Waals surface area contributed by atoms with Crippen LogP contribution in [0, 0.1) is 5.92 Å². The Morgan fingerprint density at radius 3 is 2.47 bits per heavy atom. The number of nitrogens with zero attached hydrogens (tertiary/aromatic N) is 5. The van der Waals surface area contributed by atoms with Crippen molar-refractivity contribution in [2.24, 2.45) is 10.3 Å². The molecule has 1 saturated heterocycles. The van der Waals surface area contributed by atoms with Gasteiger partial charge in [-0.2, -0.15) is 12.8 Å². The molecule has 0 aliphatic carbocycles. The van der Waals surface area contributed by atoms with Gasteiger partial charge in [0.05, 0.1) is 32.0 Å². The van der Waals surface area contributed by atoms with Crippen molar-refractivity contribution in [2.75, 3.05) is 38.8 Å². The molecule has 0 atom stereocenters. The van der Waals surface area contributed by atoms with E-state index in [2.05, 4.69) is 19.3 Å². The lowest BCUT2D eigenvalue weighted by atomic mass is 9.92. The number of rotatable bonds is 6. The number of anilines is 1. The summed E-state index contributed by atoms with van der Waals surface area (Å²) in [6, 6.07) is 3.67. The number of hydrogen-bond donors (Lipinski definition) is 0. The third-order valence-corrected chi connectivity index (χ3v) is 7.08. The maximum atomic E-state index is 12.8. The van der Waals surface area contributed by atoms with Crippen LogP contribution < -0.4 is 14.4 Å². The zero-order valence-corrected chi connectivity index (χ0v) is 19.0. The molecule has 0 radical (unpaired) electrons. The molecule has 32 heavy (non-hydrogen) atoms. The van der Waals surface area contributed by atoms with Crippen molar-refractivity contribution in [3.05, 3.63) is 30.7 Å². The van der Waals surface area contributed by atoms with Crippen molar-refractivity contribution in [1.82, 2.24) is 14.3 Å². The van der Waals surface area contributed by atoms with E-state index in [0.717, 1.165) is 21.0 Å². The molecule has 1 aromatic heterocycles. The van der Waals surface area contributed by atoms with E-state index < -0.39 is 10.2 Å². The zero-order valence-electron chi connectivity index (χ0n) is 18.2. The molecule has 3 heterocycles. The Bertz CT molecular complexity index is 1200. The normalized spacial score (nSPS) is 18.5. The van der Waals surface area contributed by atoms with Crippen LogP contribution in [-0.4, -0.2) is 68.0 Å². The van der Waals surface area contributed by atoms with Crippen molar-refractivity contribution in [1.29, 1.82) is 0 Å². The highest BCUT2D eigenvalue weighted by Gasteiger charge is 2.30. The number of hydrogen-bond acceptors (Lipinski definition) is 8. The Morgan fingerprint density at radius 1 is 1.12 bits per heavy atom. The molecule has 4 rings (SSSR count). The van der Waals surface area contributed by atoms with Crippen LogP contribution in [0.5, 0.6) is 11.5 Å². The van der Waals surface area contributed by atoms with Crippen molar-refractivity contribution < 1.29 is 22.7 Å². The van der Waals surface area contributed by atoms with E-state index in [-0.39, 0.29) is 18.2 Å². The van der Waals surface area contributed by atoms with Gasteiger partial charge in [0.15, 0.2) is 17.3 Å². The van der Waals surface area contributed by atoms with Gasteiger partial charge in [-0.05, 0) is 31.9 Å². The first kappa shape index (κ1) is 22.0. The SMILES string of the molecule is COc1cc2ncnc(N3CCC(C(=O)CN4C=CC(C)=NS4(=O)=O)CC3)c2cc1OC. The Morgan fingerprint density at radius 2 is 1.81 bits per heavy atom. The summed E-state index contributed by atoms with van der Waals surface area (Å²) in [5.74, 6) is 1.63. The van der Waals surface area contributed by atoms with Crippen molar-refractivity contribution >= 4 is 38.4 Å². The Hall–Kier alpha value is -3.21. The molecular weight excluding hydrogens is 434 g/mol. The van der Waals surface area contributed by atoms with E-state index >= 15 is 0 Å². The molecule has 0 N–H and O–H groups in total. The van der Waals surface area contributed by atoms with E-state index in [1.807, 2.05) is 12.1 Å². The monoisotopic (exact) mass is 459 g/mol. The number of piperidine rings is 1. The highest BCUT2D eigenvalue weighted by Crippen LogP contribution is 2.35. The smallest absolute Gasteiger partial charge is 0.344 e. The quantitative estimate of drug-likeness (QED) is 0.644. The van der Waals surface area contributed by atoms with Crippen LogP contribution in [0.15, 0.2) is 35.1 Å². The standard InChI is InChI=1S/C21H25N5O5S/c1-14-4-9-26(32(28,29)24-14)12-18(27)15-5-7-25(8-6-15)21-16-10-19(30-2)20(31-3)11-17(16)22-13-23-21/h4,9-11,13,15H,5-8,12H2,1-3H3. The van der Waals surface area contributed by atoms with Gasteiger partial charge in [0.1, 0.15) is 12.1 Å². The number of benzene rings is 1. The van der Waals surface area contributed by atoms with Gasteiger partial charge < -0.3 is 14.4 Å². The summed E-state index contributed by atoms with van der Waals surface area (Å²) in [5.41, 5.74) is 1.14. The van der Waals surface area contributed by atoms with Crippen LogP contribution in [0.2, 0.25) is 0 Å². The van der Waals surface area contributed by atoms with Crippen molar-refractivity contribution in [2.45, 2.75) is 19.8 Å². The second-order valence-corrected chi connectivity index (χ2v) is 9.27. The lowest BCUT2D eigenvalue weighted by Gasteiger charge is -2.33. The number of ketones is 1.